The molecule has 0 aromatic carbocycles. The molecular weight excluding hydrogens is 262 g/mol. The van der Waals surface area contributed by atoms with Crippen molar-refractivity contribution in [1.29, 1.82) is 0 Å². The largest absolute Gasteiger partial charge is 0.467 e. The predicted octanol–water partition coefficient (Wildman–Crippen LogP) is 2.05. The second kappa shape index (κ2) is 6.00. The summed E-state index contributed by atoms with van der Waals surface area (Å²) in [5.74, 6) is 1.32. The topological polar surface area (TPSA) is 97.3 Å². The summed E-state index contributed by atoms with van der Waals surface area (Å²) in [4.78, 5) is 20.4. The molecule has 2 rings (SSSR count). The molecule has 0 saturated heterocycles. The lowest BCUT2D eigenvalue weighted by Gasteiger charge is -2.20. The summed E-state index contributed by atoms with van der Waals surface area (Å²) in [7, 11) is 1.66. The standard InChI is InChI=1S/C12H15N5O3/c1-3-16(8-9-5-4-6-20-9)11-10(17(18)19)7-14-12(13-2)15-11/h4-7H,3,8H2,1-2H3,(H,13,14,15). The lowest BCUT2D eigenvalue weighted by Crippen LogP contribution is -2.24. The van der Waals surface area contributed by atoms with Crippen LogP contribution < -0.4 is 10.2 Å². The van der Waals surface area contributed by atoms with E-state index < -0.39 is 4.92 Å². The van der Waals surface area contributed by atoms with Gasteiger partial charge in [0.15, 0.2) is 0 Å². The summed E-state index contributed by atoms with van der Waals surface area (Å²) in [6, 6.07) is 3.59. The van der Waals surface area contributed by atoms with Gasteiger partial charge in [-0.3, -0.25) is 10.1 Å². The number of rotatable bonds is 6. The molecule has 0 fully saturated rings. The maximum Gasteiger partial charge on any atom is 0.329 e. The molecule has 20 heavy (non-hydrogen) atoms. The van der Waals surface area contributed by atoms with Crippen molar-refractivity contribution in [3.05, 3.63) is 40.5 Å². The van der Waals surface area contributed by atoms with E-state index in [0.29, 0.717) is 24.8 Å². The first-order chi connectivity index (χ1) is 9.65. The first kappa shape index (κ1) is 13.8. The van der Waals surface area contributed by atoms with Gasteiger partial charge >= 0.3 is 5.69 Å². The van der Waals surface area contributed by atoms with Crippen LogP contribution >= 0.6 is 0 Å². The van der Waals surface area contributed by atoms with Gasteiger partial charge in [0.05, 0.1) is 17.7 Å². The van der Waals surface area contributed by atoms with E-state index in [1.165, 1.54) is 6.20 Å². The number of nitro groups is 1. The highest BCUT2D eigenvalue weighted by atomic mass is 16.6. The molecule has 106 valence electrons. The Bertz CT molecular complexity index is 585. The fourth-order valence-corrected chi connectivity index (χ4v) is 1.78. The van der Waals surface area contributed by atoms with Crippen LogP contribution in [-0.4, -0.2) is 28.5 Å². The van der Waals surface area contributed by atoms with E-state index >= 15 is 0 Å². The average molecular weight is 277 g/mol. The molecule has 0 amide bonds. The Labute approximate surface area is 115 Å². The van der Waals surface area contributed by atoms with Crippen LogP contribution in [0.15, 0.2) is 29.0 Å². The van der Waals surface area contributed by atoms with Crippen molar-refractivity contribution in [3.63, 3.8) is 0 Å². The first-order valence-electron chi connectivity index (χ1n) is 6.12. The molecule has 1 N–H and O–H groups in total. The van der Waals surface area contributed by atoms with Gasteiger partial charge in [-0.25, -0.2) is 4.98 Å². The molecule has 2 aromatic rings. The number of nitrogens with zero attached hydrogens (tertiary/aromatic N) is 4. The van der Waals surface area contributed by atoms with Crippen molar-refractivity contribution in [2.24, 2.45) is 0 Å². The molecule has 0 bridgehead atoms. The minimum absolute atomic E-state index is 0.127. The maximum atomic E-state index is 11.1. The number of aromatic nitrogens is 2. The van der Waals surface area contributed by atoms with Gasteiger partial charge in [-0.05, 0) is 19.1 Å². The fourth-order valence-electron chi connectivity index (χ4n) is 1.78. The third kappa shape index (κ3) is 2.85. The smallest absolute Gasteiger partial charge is 0.329 e. The Morgan fingerprint density at radius 1 is 1.55 bits per heavy atom. The monoisotopic (exact) mass is 277 g/mol. The van der Waals surface area contributed by atoms with Crippen molar-refractivity contribution in [2.45, 2.75) is 13.5 Å². The minimum atomic E-state index is -0.487. The van der Waals surface area contributed by atoms with Crippen LogP contribution in [0.5, 0.6) is 0 Å². The number of hydrogen-bond donors (Lipinski definition) is 1. The molecule has 0 aliphatic rings. The van der Waals surface area contributed by atoms with E-state index in [2.05, 4.69) is 15.3 Å². The summed E-state index contributed by atoms with van der Waals surface area (Å²) in [5.41, 5.74) is -0.127. The Morgan fingerprint density at radius 3 is 2.90 bits per heavy atom. The molecule has 0 atom stereocenters. The van der Waals surface area contributed by atoms with E-state index in [-0.39, 0.29) is 11.5 Å². The van der Waals surface area contributed by atoms with Crippen molar-refractivity contribution in [3.8, 4) is 0 Å². The zero-order valence-electron chi connectivity index (χ0n) is 11.2. The SMILES string of the molecule is CCN(Cc1ccco1)c1nc(NC)ncc1[N+](=O)[O-]. The molecular formula is C12H15N5O3. The Hall–Kier alpha value is -2.64. The molecule has 0 radical (unpaired) electrons. The Balaban J connectivity index is 2.38. The van der Waals surface area contributed by atoms with Crippen molar-refractivity contribution < 1.29 is 9.34 Å². The molecule has 0 aliphatic carbocycles. The van der Waals surface area contributed by atoms with Crippen molar-refractivity contribution >= 4 is 17.5 Å². The number of hydrogen-bond acceptors (Lipinski definition) is 7. The second-order valence-electron chi connectivity index (χ2n) is 4.00. The predicted molar refractivity (Wildman–Crippen MR) is 73.7 cm³/mol. The normalized spacial score (nSPS) is 10.3. The lowest BCUT2D eigenvalue weighted by atomic mass is 10.3. The van der Waals surface area contributed by atoms with Crippen molar-refractivity contribution in [1.82, 2.24) is 9.97 Å². The van der Waals surface area contributed by atoms with Crippen LogP contribution in [0.2, 0.25) is 0 Å². The highest BCUT2D eigenvalue weighted by molar-refractivity contribution is 5.58. The van der Waals surface area contributed by atoms with Crippen LogP contribution in [0.1, 0.15) is 12.7 Å². The van der Waals surface area contributed by atoms with Gasteiger partial charge in [0.2, 0.25) is 11.8 Å². The lowest BCUT2D eigenvalue weighted by molar-refractivity contribution is -0.384. The van der Waals surface area contributed by atoms with Crippen LogP contribution in [0, 0.1) is 10.1 Å². The van der Waals surface area contributed by atoms with Crippen LogP contribution in [0.3, 0.4) is 0 Å². The summed E-state index contributed by atoms with van der Waals surface area (Å²) in [6.07, 6.45) is 2.77. The highest BCUT2D eigenvalue weighted by Gasteiger charge is 2.22. The zero-order valence-corrected chi connectivity index (χ0v) is 11.2. The van der Waals surface area contributed by atoms with Crippen LogP contribution in [-0.2, 0) is 6.54 Å². The Morgan fingerprint density at radius 2 is 2.35 bits per heavy atom. The fraction of sp³-hybridized carbons (Fsp3) is 0.333. The summed E-state index contributed by atoms with van der Waals surface area (Å²) in [6.45, 7) is 2.86. The van der Waals surface area contributed by atoms with E-state index in [1.807, 2.05) is 13.0 Å². The second-order valence-corrected chi connectivity index (χ2v) is 4.00. The van der Waals surface area contributed by atoms with Gasteiger partial charge in [0.1, 0.15) is 12.0 Å². The summed E-state index contributed by atoms with van der Waals surface area (Å²) in [5, 5.41) is 13.9. The number of anilines is 2. The molecule has 0 saturated carbocycles. The minimum Gasteiger partial charge on any atom is -0.467 e. The number of furan rings is 1. The first-order valence-corrected chi connectivity index (χ1v) is 6.12. The van der Waals surface area contributed by atoms with Gasteiger partial charge in [-0.15, -0.1) is 0 Å². The number of nitrogens with one attached hydrogen (secondary N) is 1. The van der Waals surface area contributed by atoms with Crippen LogP contribution in [0.4, 0.5) is 17.5 Å². The molecule has 0 unspecified atom stereocenters. The summed E-state index contributed by atoms with van der Waals surface area (Å²) < 4.78 is 5.27. The van der Waals surface area contributed by atoms with Gasteiger partial charge in [-0.2, -0.15) is 4.98 Å². The van der Waals surface area contributed by atoms with Gasteiger partial charge in [-0.1, -0.05) is 0 Å². The van der Waals surface area contributed by atoms with E-state index in [0.717, 1.165) is 0 Å². The van der Waals surface area contributed by atoms with Gasteiger partial charge < -0.3 is 14.6 Å². The van der Waals surface area contributed by atoms with E-state index in [4.69, 9.17) is 4.42 Å². The zero-order chi connectivity index (χ0) is 14.5. The molecule has 0 spiro atoms. The average Bonchev–Trinajstić information content (AvgIpc) is 2.97. The molecule has 2 aromatic heterocycles. The highest BCUT2D eigenvalue weighted by Crippen LogP contribution is 2.27. The van der Waals surface area contributed by atoms with Crippen molar-refractivity contribution in [2.75, 3.05) is 23.8 Å². The third-order valence-corrected chi connectivity index (χ3v) is 2.78. The Kier molecular flexibility index (Phi) is 4.14. The molecule has 2 heterocycles. The third-order valence-electron chi connectivity index (χ3n) is 2.78. The molecule has 8 nitrogen and oxygen atoms in total. The maximum absolute atomic E-state index is 11.1. The van der Waals surface area contributed by atoms with Crippen LogP contribution in [0.25, 0.3) is 0 Å². The van der Waals surface area contributed by atoms with E-state index in [9.17, 15) is 10.1 Å². The molecule has 8 heteroatoms. The molecule has 0 aliphatic heterocycles. The summed E-state index contributed by atoms with van der Waals surface area (Å²) >= 11 is 0. The van der Waals surface area contributed by atoms with Gasteiger partial charge in [0.25, 0.3) is 0 Å². The quantitative estimate of drug-likeness (QED) is 0.637. The van der Waals surface area contributed by atoms with Gasteiger partial charge in [0, 0.05) is 13.6 Å². The van der Waals surface area contributed by atoms with E-state index in [1.54, 1.807) is 24.3 Å².